The van der Waals surface area contributed by atoms with Crippen LogP contribution in [0.25, 0.3) is 0 Å². The van der Waals surface area contributed by atoms with Gasteiger partial charge in [0.1, 0.15) is 12.4 Å². The third-order valence-electron chi connectivity index (χ3n) is 4.98. The summed E-state index contributed by atoms with van der Waals surface area (Å²) in [4.78, 5) is 12.5. The second kappa shape index (κ2) is 10.4. The molecule has 1 amide bonds. The van der Waals surface area contributed by atoms with Crippen LogP contribution in [0.4, 0.5) is 0 Å². The van der Waals surface area contributed by atoms with Gasteiger partial charge in [-0.25, -0.2) is 4.68 Å². The molecule has 2 N–H and O–H groups in total. The van der Waals surface area contributed by atoms with Gasteiger partial charge in [-0.2, -0.15) is 0 Å². The number of hydrogen-bond donors (Lipinski definition) is 2. The predicted molar refractivity (Wildman–Crippen MR) is 112 cm³/mol. The number of nitrogens with zero attached hydrogens (tertiary/aromatic N) is 3. The third-order valence-corrected chi connectivity index (χ3v) is 4.98. The Morgan fingerprint density at radius 2 is 2.04 bits per heavy atom. The minimum atomic E-state index is -0.201. The Balaban J connectivity index is 0.00000280. The smallest absolute Gasteiger partial charge is 0.273 e. The average molecular weight is 408 g/mol. The zero-order chi connectivity index (χ0) is 19.2. The summed E-state index contributed by atoms with van der Waals surface area (Å²) in [5.74, 6) is 1.06. The molecule has 28 heavy (non-hydrogen) atoms. The monoisotopic (exact) mass is 407 g/mol. The van der Waals surface area contributed by atoms with Crippen LogP contribution < -0.4 is 15.4 Å². The molecule has 154 valence electrons. The zero-order valence-electron chi connectivity index (χ0n) is 16.8. The quantitative estimate of drug-likeness (QED) is 0.690. The van der Waals surface area contributed by atoms with Crippen LogP contribution in [0.15, 0.2) is 24.3 Å². The Morgan fingerprint density at radius 1 is 1.32 bits per heavy atom. The lowest BCUT2D eigenvalue weighted by Crippen LogP contribution is -2.31. The van der Waals surface area contributed by atoms with E-state index in [4.69, 9.17) is 4.74 Å². The molecule has 0 radical (unpaired) electrons. The molecule has 0 aliphatic carbocycles. The lowest BCUT2D eigenvalue weighted by molar-refractivity contribution is 0.0941. The summed E-state index contributed by atoms with van der Waals surface area (Å²) in [5, 5.41) is 14.5. The largest absolute Gasteiger partial charge is 0.491 e. The molecular weight excluding hydrogens is 378 g/mol. The van der Waals surface area contributed by atoms with E-state index in [1.54, 1.807) is 0 Å². The number of para-hydroxylation sites is 1. The van der Waals surface area contributed by atoms with Gasteiger partial charge in [0.05, 0.1) is 18.3 Å². The third kappa shape index (κ3) is 5.23. The van der Waals surface area contributed by atoms with E-state index < -0.39 is 0 Å². The summed E-state index contributed by atoms with van der Waals surface area (Å²) < 4.78 is 7.75. The van der Waals surface area contributed by atoms with Crippen molar-refractivity contribution in [2.75, 3.05) is 26.2 Å². The van der Waals surface area contributed by atoms with Crippen molar-refractivity contribution < 1.29 is 9.53 Å². The van der Waals surface area contributed by atoms with E-state index in [9.17, 15) is 4.79 Å². The molecule has 1 aromatic carbocycles. The number of hydrogen-bond acceptors (Lipinski definition) is 5. The van der Waals surface area contributed by atoms with E-state index in [-0.39, 0.29) is 18.3 Å². The topological polar surface area (TPSA) is 81.1 Å². The number of rotatable bonds is 7. The van der Waals surface area contributed by atoms with Gasteiger partial charge in [0.2, 0.25) is 0 Å². The first-order chi connectivity index (χ1) is 13.1. The van der Waals surface area contributed by atoms with Gasteiger partial charge in [-0.1, -0.05) is 37.3 Å². The minimum Gasteiger partial charge on any atom is -0.491 e. The maximum atomic E-state index is 12.5. The number of benzene rings is 1. The normalized spacial score (nSPS) is 14.6. The van der Waals surface area contributed by atoms with Crippen LogP contribution in [0.1, 0.15) is 60.4 Å². The highest BCUT2D eigenvalue weighted by atomic mass is 35.5. The highest BCUT2D eigenvalue weighted by Gasteiger charge is 2.22. The summed E-state index contributed by atoms with van der Waals surface area (Å²) >= 11 is 0. The number of ether oxygens (including phenoxy) is 1. The fourth-order valence-electron chi connectivity index (χ4n) is 3.45. The zero-order valence-corrected chi connectivity index (χ0v) is 17.6. The van der Waals surface area contributed by atoms with E-state index in [1.165, 1.54) is 5.56 Å². The summed E-state index contributed by atoms with van der Waals surface area (Å²) in [7, 11) is 0. The summed E-state index contributed by atoms with van der Waals surface area (Å²) in [6.45, 7) is 8.96. The number of piperidine rings is 1. The van der Waals surface area contributed by atoms with Gasteiger partial charge in [-0.15, -0.1) is 17.5 Å². The summed E-state index contributed by atoms with van der Waals surface area (Å²) in [6.07, 6.45) is 2.02. The second-order valence-corrected chi connectivity index (χ2v) is 7.25. The lowest BCUT2D eigenvalue weighted by Gasteiger charge is -2.23. The van der Waals surface area contributed by atoms with Crippen LogP contribution in [-0.2, 0) is 0 Å². The molecule has 1 saturated heterocycles. The fraction of sp³-hybridized carbons (Fsp3) is 0.550. The highest BCUT2D eigenvalue weighted by Crippen LogP contribution is 2.25. The summed E-state index contributed by atoms with van der Waals surface area (Å²) in [5.41, 5.74) is 2.39. The minimum absolute atomic E-state index is 0. The van der Waals surface area contributed by atoms with Gasteiger partial charge in [0.15, 0.2) is 5.69 Å². The van der Waals surface area contributed by atoms with Crippen molar-refractivity contribution in [1.29, 1.82) is 0 Å². The van der Waals surface area contributed by atoms with Gasteiger partial charge >= 0.3 is 0 Å². The fourth-order valence-corrected chi connectivity index (χ4v) is 3.45. The van der Waals surface area contributed by atoms with Crippen LogP contribution in [0, 0.1) is 6.92 Å². The lowest BCUT2D eigenvalue weighted by atomic mass is 10.0. The predicted octanol–water partition coefficient (Wildman–Crippen LogP) is 2.87. The molecule has 1 aromatic heterocycles. The van der Waals surface area contributed by atoms with Crippen molar-refractivity contribution in [2.45, 2.75) is 45.6 Å². The van der Waals surface area contributed by atoms with Crippen LogP contribution >= 0.6 is 12.4 Å². The number of amides is 1. The van der Waals surface area contributed by atoms with Crippen molar-refractivity contribution >= 4 is 18.3 Å². The van der Waals surface area contributed by atoms with E-state index in [1.807, 2.05) is 29.8 Å². The molecule has 2 aromatic rings. The van der Waals surface area contributed by atoms with Crippen molar-refractivity contribution in [1.82, 2.24) is 25.6 Å². The van der Waals surface area contributed by atoms with Crippen molar-refractivity contribution in [3.63, 3.8) is 0 Å². The Morgan fingerprint density at radius 3 is 2.75 bits per heavy atom. The number of halogens is 1. The van der Waals surface area contributed by atoms with Crippen LogP contribution in [0.3, 0.4) is 0 Å². The van der Waals surface area contributed by atoms with Crippen molar-refractivity contribution in [3.05, 3.63) is 41.2 Å². The van der Waals surface area contributed by atoms with E-state index in [0.29, 0.717) is 30.8 Å². The number of aromatic nitrogens is 3. The molecule has 8 heteroatoms. The molecule has 0 saturated carbocycles. The standard InChI is InChI=1S/C20H29N5O2.ClH/c1-14(2)17-6-4-5-7-18(17)27-13-12-22-20(26)19-15(3)25(24-23-19)16-8-10-21-11-9-16;/h4-7,14,16,21H,8-13H2,1-3H3,(H,22,26);1H. The Hall–Kier alpha value is -2.12. The second-order valence-electron chi connectivity index (χ2n) is 7.25. The molecule has 0 bridgehead atoms. The number of carbonyl (C=O) groups excluding carboxylic acids is 1. The molecule has 0 spiro atoms. The maximum absolute atomic E-state index is 12.5. The van der Waals surface area contributed by atoms with Gasteiger partial charge in [0, 0.05) is 0 Å². The number of carbonyl (C=O) groups is 1. The first-order valence-electron chi connectivity index (χ1n) is 9.70. The molecule has 2 heterocycles. The van der Waals surface area contributed by atoms with Gasteiger partial charge in [-0.3, -0.25) is 4.79 Å². The molecule has 1 aliphatic rings. The molecule has 0 atom stereocenters. The van der Waals surface area contributed by atoms with E-state index in [0.717, 1.165) is 37.4 Å². The van der Waals surface area contributed by atoms with Crippen LogP contribution in [0.5, 0.6) is 5.75 Å². The molecule has 1 fully saturated rings. The average Bonchev–Trinajstić information content (AvgIpc) is 3.07. The Bertz CT molecular complexity index is 772. The van der Waals surface area contributed by atoms with Gasteiger partial charge in [-0.05, 0) is 50.4 Å². The summed E-state index contributed by atoms with van der Waals surface area (Å²) in [6, 6.07) is 8.32. The molecule has 1 aliphatic heterocycles. The maximum Gasteiger partial charge on any atom is 0.273 e. The van der Waals surface area contributed by atoms with E-state index >= 15 is 0 Å². The Labute approximate surface area is 172 Å². The first kappa shape index (κ1) is 22.2. The highest BCUT2D eigenvalue weighted by molar-refractivity contribution is 5.93. The number of nitrogens with one attached hydrogen (secondary N) is 2. The molecule has 7 nitrogen and oxygen atoms in total. The van der Waals surface area contributed by atoms with Crippen LogP contribution in [0.2, 0.25) is 0 Å². The van der Waals surface area contributed by atoms with Gasteiger partial charge in [0.25, 0.3) is 5.91 Å². The van der Waals surface area contributed by atoms with Crippen molar-refractivity contribution in [3.8, 4) is 5.75 Å². The van der Waals surface area contributed by atoms with Gasteiger partial charge < -0.3 is 15.4 Å². The van der Waals surface area contributed by atoms with Crippen LogP contribution in [-0.4, -0.2) is 47.1 Å². The molecule has 3 rings (SSSR count). The van der Waals surface area contributed by atoms with E-state index in [2.05, 4.69) is 40.9 Å². The SMILES string of the molecule is Cc1c(C(=O)NCCOc2ccccc2C(C)C)nnn1C1CCNCC1.Cl. The first-order valence-corrected chi connectivity index (χ1v) is 9.70. The van der Waals surface area contributed by atoms with Crippen molar-refractivity contribution in [2.24, 2.45) is 0 Å². The Kier molecular flexibility index (Phi) is 8.26. The molecule has 0 unspecified atom stereocenters. The molecular formula is C20H30ClN5O2.